The standard InChI is InChI=1S/C21H31N5O3/c1-13-8-14(2)10-16(9-13)25-11-15(3)12-26-17-18(22-20(25)26)23(4)21(28)24(19(17)27)6-7-29-5/h8-10,15,17-18,20,22H,6-7,11-12H2,1-5H3. The first-order valence-electron chi connectivity index (χ1n) is 10.3. The van der Waals surface area contributed by atoms with Crippen molar-refractivity contribution < 1.29 is 14.3 Å². The number of carbonyl (C=O) groups excluding carboxylic acids is 2. The fourth-order valence-electron chi connectivity index (χ4n) is 4.92. The van der Waals surface area contributed by atoms with Gasteiger partial charge in [0.25, 0.3) is 5.91 Å². The van der Waals surface area contributed by atoms with E-state index in [2.05, 4.69) is 54.1 Å². The average Bonchev–Trinajstić information content (AvgIpc) is 3.04. The molecule has 29 heavy (non-hydrogen) atoms. The second kappa shape index (κ2) is 7.59. The van der Waals surface area contributed by atoms with Gasteiger partial charge in [0.1, 0.15) is 18.5 Å². The zero-order chi connectivity index (χ0) is 20.9. The van der Waals surface area contributed by atoms with E-state index < -0.39 is 6.04 Å². The predicted octanol–water partition coefficient (Wildman–Crippen LogP) is 1.18. The maximum absolute atomic E-state index is 13.3. The van der Waals surface area contributed by atoms with Crippen molar-refractivity contribution in [3.63, 3.8) is 0 Å². The Morgan fingerprint density at radius 2 is 1.83 bits per heavy atom. The fourth-order valence-corrected chi connectivity index (χ4v) is 4.92. The van der Waals surface area contributed by atoms with Crippen LogP contribution in [0.25, 0.3) is 0 Å². The lowest BCUT2D eigenvalue weighted by Gasteiger charge is -2.46. The number of ether oxygens (including phenoxy) is 1. The number of aryl methyl sites for hydroxylation is 2. The summed E-state index contributed by atoms with van der Waals surface area (Å²) in [6.07, 6.45) is -0.457. The van der Waals surface area contributed by atoms with E-state index in [1.165, 1.54) is 16.0 Å². The van der Waals surface area contributed by atoms with E-state index in [4.69, 9.17) is 4.74 Å². The second-order valence-electron chi connectivity index (χ2n) is 8.61. The quantitative estimate of drug-likeness (QED) is 0.817. The maximum Gasteiger partial charge on any atom is 0.327 e. The molecule has 3 amide bonds. The molecule has 3 saturated heterocycles. The van der Waals surface area contributed by atoms with Crippen molar-refractivity contribution in [2.75, 3.05) is 45.3 Å². The normalized spacial score (nSPS) is 30.0. The smallest absolute Gasteiger partial charge is 0.327 e. The summed E-state index contributed by atoms with van der Waals surface area (Å²) in [5, 5.41) is 3.57. The van der Waals surface area contributed by atoms with Crippen LogP contribution in [0.1, 0.15) is 18.1 Å². The third-order valence-corrected chi connectivity index (χ3v) is 6.14. The van der Waals surface area contributed by atoms with Gasteiger partial charge in [-0.2, -0.15) is 0 Å². The highest BCUT2D eigenvalue weighted by molar-refractivity contribution is 6.00. The molecule has 3 fully saturated rings. The van der Waals surface area contributed by atoms with Gasteiger partial charge in [-0.15, -0.1) is 0 Å². The monoisotopic (exact) mass is 401 g/mol. The Morgan fingerprint density at radius 3 is 2.48 bits per heavy atom. The topological polar surface area (TPSA) is 68.4 Å². The van der Waals surface area contributed by atoms with E-state index in [1.54, 1.807) is 19.1 Å². The van der Waals surface area contributed by atoms with Gasteiger partial charge in [0.15, 0.2) is 0 Å². The first-order chi connectivity index (χ1) is 13.8. The number of carbonyl (C=O) groups is 2. The number of hydrogen-bond acceptors (Lipinski definition) is 6. The third-order valence-electron chi connectivity index (χ3n) is 6.14. The number of urea groups is 1. The van der Waals surface area contributed by atoms with Crippen LogP contribution in [-0.2, 0) is 9.53 Å². The van der Waals surface area contributed by atoms with Gasteiger partial charge in [0.05, 0.1) is 13.2 Å². The number of benzene rings is 1. The summed E-state index contributed by atoms with van der Waals surface area (Å²) in [5.41, 5.74) is 3.58. The molecule has 3 heterocycles. The number of nitrogens with one attached hydrogen (secondary N) is 1. The van der Waals surface area contributed by atoms with Crippen LogP contribution < -0.4 is 10.2 Å². The lowest BCUT2D eigenvalue weighted by atomic mass is 10.0. The maximum atomic E-state index is 13.3. The molecule has 0 aliphatic carbocycles. The number of methoxy groups -OCH3 is 1. The van der Waals surface area contributed by atoms with Gasteiger partial charge >= 0.3 is 6.03 Å². The molecule has 0 radical (unpaired) electrons. The van der Waals surface area contributed by atoms with Gasteiger partial charge in [-0.05, 0) is 43.0 Å². The van der Waals surface area contributed by atoms with Crippen LogP contribution in [0.3, 0.4) is 0 Å². The summed E-state index contributed by atoms with van der Waals surface area (Å²) < 4.78 is 5.11. The molecule has 3 aliphatic rings. The van der Waals surface area contributed by atoms with E-state index in [-0.39, 0.29) is 30.9 Å². The number of fused-ring (bicyclic) bond motifs is 3. The molecule has 4 unspecified atom stereocenters. The van der Waals surface area contributed by atoms with E-state index in [1.807, 2.05) is 0 Å². The first-order valence-corrected chi connectivity index (χ1v) is 10.3. The number of nitrogens with zero attached hydrogens (tertiary/aromatic N) is 4. The van der Waals surface area contributed by atoms with Gasteiger partial charge in [-0.25, -0.2) is 4.79 Å². The molecule has 0 aromatic heterocycles. The van der Waals surface area contributed by atoms with Crippen LogP contribution in [0.4, 0.5) is 10.5 Å². The molecular weight excluding hydrogens is 370 g/mol. The van der Waals surface area contributed by atoms with Gasteiger partial charge in [-0.3, -0.25) is 19.9 Å². The Kier molecular flexibility index (Phi) is 5.27. The van der Waals surface area contributed by atoms with Crippen molar-refractivity contribution in [1.29, 1.82) is 0 Å². The van der Waals surface area contributed by atoms with Crippen LogP contribution in [0.15, 0.2) is 18.2 Å². The highest BCUT2D eigenvalue weighted by atomic mass is 16.5. The van der Waals surface area contributed by atoms with Crippen molar-refractivity contribution in [3.8, 4) is 0 Å². The molecule has 0 bridgehead atoms. The molecule has 4 rings (SSSR count). The summed E-state index contributed by atoms with van der Waals surface area (Å²) in [4.78, 5) is 33.6. The molecule has 0 saturated carbocycles. The number of likely N-dealkylation sites (N-methyl/N-ethyl adjacent to an activating group) is 1. The summed E-state index contributed by atoms with van der Waals surface area (Å²) >= 11 is 0. The first kappa shape index (κ1) is 20.1. The minimum absolute atomic E-state index is 0.121. The average molecular weight is 402 g/mol. The molecule has 8 heteroatoms. The van der Waals surface area contributed by atoms with Gasteiger partial charge in [0.2, 0.25) is 0 Å². The lowest BCUT2D eigenvalue weighted by molar-refractivity contribution is -0.139. The molecule has 158 valence electrons. The number of hydrogen-bond donors (Lipinski definition) is 1. The molecule has 4 atom stereocenters. The Morgan fingerprint density at radius 1 is 1.14 bits per heavy atom. The summed E-state index contributed by atoms with van der Waals surface area (Å²) in [5.74, 6) is 0.260. The molecule has 0 spiro atoms. The highest BCUT2D eigenvalue weighted by Crippen LogP contribution is 2.34. The Balaban J connectivity index is 1.67. The van der Waals surface area contributed by atoms with Gasteiger partial charge in [-0.1, -0.05) is 13.0 Å². The van der Waals surface area contributed by atoms with E-state index >= 15 is 0 Å². The Labute approximate surface area is 172 Å². The predicted molar refractivity (Wildman–Crippen MR) is 110 cm³/mol. The molecule has 1 N–H and O–H groups in total. The van der Waals surface area contributed by atoms with E-state index in [0.29, 0.717) is 12.5 Å². The molecule has 3 aliphatic heterocycles. The largest absolute Gasteiger partial charge is 0.383 e. The Hall–Kier alpha value is -2.16. The highest BCUT2D eigenvalue weighted by Gasteiger charge is 2.56. The van der Waals surface area contributed by atoms with E-state index in [9.17, 15) is 9.59 Å². The fraction of sp³-hybridized carbons (Fsp3) is 0.619. The van der Waals surface area contributed by atoms with Crippen LogP contribution in [0.2, 0.25) is 0 Å². The second-order valence-corrected chi connectivity index (χ2v) is 8.61. The third kappa shape index (κ3) is 3.39. The van der Waals surface area contributed by atoms with Crippen molar-refractivity contribution in [2.24, 2.45) is 5.92 Å². The number of rotatable bonds is 4. The molecule has 8 nitrogen and oxygen atoms in total. The van der Waals surface area contributed by atoms with E-state index in [0.717, 1.165) is 18.8 Å². The Bertz CT molecular complexity index is 795. The zero-order valence-corrected chi connectivity index (χ0v) is 17.9. The molecule has 1 aromatic carbocycles. The molecular formula is C21H31N5O3. The van der Waals surface area contributed by atoms with Crippen LogP contribution >= 0.6 is 0 Å². The number of imide groups is 1. The number of amides is 3. The van der Waals surface area contributed by atoms with Gasteiger partial charge in [0, 0.05) is 32.9 Å². The van der Waals surface area contributed by atoms with Crippen molar-refractivity contribution in [1.82, 2.24) is 20.0 Å². The van der Waals surface area contributed by atoms with Crippen molar-refractivity contribution in [2.45, 2.75) is 39.3 Å². The summed E-state index contributed by atoms with van der Waals surface area (Å²) in [6, 6.07) is 5.88. The van der Waals surface area contributed by atoms with Crippen LogP contribution in [-0.4, -0.2) is 85.5 Å². The summed E-state index contributed by atoms with van der Waals surface area (Å²) in [7, 11) is 3.34. The zero-order valence-electron chi connectivity index (χ0n) is 17.9. The van der Waals surface area contributed by atoms with Gasteiger partial charge < -0.3 is 14.5 Å². The number of anilines is 1. The SMILES string of the molecule is COCCN1C(=O)C2C(NC3N(c4cc(C)cc(C)c4)CC(C)CN23)N(C)C1=O. The minimum atomic E-state index is -0.393. The minimum Gasteiger partial charge on any atom is -0.383 e. The molecule has 1 aromatic rings. The summed E-state index contributed by atoms with van der Waals surface area (Å²) in [6.45, 7) is 8.74. The van der Waals surface area contributed by atoms with Crippen molar-refractivity contribution >= 4 is 17.6 Å². The van der Waals surface area contributed by atoms with Crippen LogP contribution in [0, 0.1) is 19.8 Å². The van der Waals surface area contributed by atoms with Crippen molar-refractivity contribution in [3.05, 3.63) is 29.3 Å². The van der Waals surface area contributed by atoms with Crippen LogP contribution in [0.5, 0.6) is 0 Å². The lowest BCUT2D eigenvalue weighted by Crippen LogP contribution is -2.67.